The van der Waals surface area contributed by atoms with Crippen LogP contribution < -0.4 is 5.32 Å². The number of rotatable bonds is 4. The monoisotopic (exact) mass is 252 g/mol. The van der Waals surface area contributed by atoms with Gasteiger partial charge in [0.1, 0.15) is 5.69 Å². The number of carboxylic acids is 1. The van der Waals surface area contributed by atoms with Gasteiger partial charge >= 0.3 is 5.97 Å². The summed E-state index contributed by atoms with van der Waals surface area (Å²) in [6.45, 7) is 2.87. The fourth-order valence-electron chi connectivity index (χ4n) is 1.67. The van der Waals surface area contributed by atoms with Gasteiger partial charge in [-0.2, -0.15) is 0 Å². The molecule has 0 radical (unpaired) electrons. The van der Waals surface area contributed by atoms with Crippen molar-refractivity contribution in [1.82, 2.24) is 0 Å². The van der Waals surface area contributed by atoms with E-state index in [-0.39, 0.29) is 28.9 Å². The lowest BCUT2D eigenvalue weighted by atomic mass is 10.0. The highest BCUT2D eigenvalue weighted by Gasteiger charge is 2.23. The zero-order valence-electron chi connectivity index (χ0n) is 9.89. The Morgan fingerprint density at radius 2 is 2.06 bits per heavy atom. The van der Waals surface area contributed by atoms with Crippen LogP contribution in [0.3, 0.4) is 0 Å². The Bertz CT molecular complexity index is 524. The molecule has 0 aliphatic rings. The van der Waals surface area contributed by atoms with E-state index < -0.39 is 16.8 Å². The fourth-order valence-corrected chi connectivity index (χ4v) is 1.67. The van der Waals surface area contributed by atoms with Gasteiger partial charge < -0.3 is 10.4 Å². The quantitative estimate of drug-likeness (QED) is 0.627. The minimum atomic E-state index is -1.19. The van der Waals surface area contributed by atoms with Crippen molar-refractivity contribution >= 4 is 23.3 Å². The van der Waals surface area contributed by atoms with Gasteiger partial charge in [0.15, 0.2) is 0 Å². The van der Waals surface area contributed by atoms with Gasteiger partial charge in [0.25, 0.3) is 5.69 Å². The number of hydrogen-bond donors (Lipinski definition) is 2. The van der Waals surface area contributed by atoms with Crippen molar-refractivity contribution in [1.29, 1.82) is 0 Å². The van der Waals surface area contributed by atoms with E-state index in [4.69, 9.17) is 5.11 Å². The SMILES string of the molecule is CCc1c(C(=O)O)ccc([N+](=O)[O-])c1NC(C)=O. The molecule has 1 amide bonds. The molecule has 0 aliphatic carbocycles. The number of aromatic carboxylic acids is 1. The molecule has 0 unspecified atom stereocenters. The minimum Gasteiger partial charge on any atom is -0.478 e. The lowest BCUT2D eigenvalue weighted by Crippen LogP contribution is -2.13. The van der Waals surface area contributed by atoms with Crippen LogP contribution in [0.15, 0.2) is 12.1 Å². The molecule has 0 aliphatic heterocycles. The molecule has 0 spiro atoms. The van der Waals surface area contributed by atoms with Gasteiger partial charge in [-0.15, -0.1) is 0 Å². The van der Waals surface area contributed by atoms with Gasteiger partial charge in [0.05, 0.1) is 10.5 Å². The number of carbonyl (C=O) groups excluding carboxylic acids is 1. The number of hydrogen-bond acceptors (Lipinski definition) is 4. The van der Waals surface area contributed by atoms with E-state index >= 15 is 0 Å². The number of benzene rings is 1. The first-order valence-corrected chi connectivity index (χ1v) is 5.19. The highest BCUT2D eigenvalue weighted by molar-refractivity contribution is 5.98. The van der Waals surface area contributed by atoms with Gasteiger partial charge in [-0.05, 0) is 18.1 Å². The molecule has 0 saturated carbocycles. The molecule has 1 aromatic carbocycles. The van der Waals surface area contributed by atoms with Crippen LogP contribution in [0.5, 0.6) is 0 Å². The molecule has 2 N–H and O–H groups in total. The summed E-state index contributed by atoms with van der Waals surface area (Å²) in [7, 11) is 0. The lowest BCUT2D eigenvalue weighted by Gasteiger charge is -2.11. The zero-order chi connectivity index (χ0) is 13.9. The Morgan fingerprint density at radius 1 is 1.44 bits per heavy atom. The van der Waals surface area contributed by atoms with Crippen molar-refractivity contribution in [3.63, 3.8) is 0 Å². The Hall–Kier alpha value is -2.44. The van der Waals surface area contributed by atoms with Crippen LogP contribution in [-0.2, 0) is 11.2 Å². The van der Waals surface area contributed by atoms with Crippen LogP contribution >= 0.6 is 0 Å². The largest absolute Gasteiger partial charge is 0.478 e. The third kappa shape index (κ3) is 2.62. The number of nitrogens with one attached hydrogen (secondary N) is 1. The Labute approximate surface area is 103 Å². The number of nitrogens with zero attached hydrogens (tertiary/aromatic N) is 1. The maximum atomic E-state index is 11.1. The second-order valence-corrected chi connectivity index (χ2v) is 3.58. The number of carbonyl (C=O) groups is 2. The summed E-state index contributed by atoms with van der Waals surface area (Å²) in [4.78, 5) is 32.3. The Balaban J connectivity index is 3.55. The van der Waals surface area contributed by atoms with Crippen molar-refractivity contribution in [2.24, 2.45) is 0 Å². The number of amides is 1. The molecule has 7 nitrogen and oxygen atoms in total. The smallest absolute Gasteiger partial charge is 0.336 e. The van der Waals surface area contributed by atoms with E-state index in [2.05, 4.69) is 5.32 Å². The summed E-state index contributed by atoms with van der Waals surface area (Å²) in [5.74, 6) is -1.68. The van der Waals surface area contributed by atoms with Crippen LogP contribution in [0.4, 0.5) is 11.4 Å². The maximum absolute atomic E-state index is 11.1. The molecule has 1 aromatic rings. The van der Waals surface area contributed by atoms with Crippen molar-refractivity contribution in [2.75, 3.05) is 5.32 Å². The minimum absolute atomic E-state index is 0.0464. The number of nitro groups is 1. The topological polar surface area (TPSA) is 110 Å². The first-order chi connectivity index (χ1) is 8.38. The predicted molar refractivity (Wildman–Crippen MR) is 63.7 cm³/mol. The third-order valence-electron chi connectivity index (χ3n) is 2.37. The standard InChI is InChI=1S/C11H12N2O5/c1-3-7-8(11(15)16)4-5-9(13(17)18)10(7)12-6(2)14/h4-5H,3H2,1-2H3,(H,12,14)(H,15,16). The highest BCUT2D eigenvalue weighted by Crippen LogP contribution is 2.31. The molecule has 7 heteroatoms. The number of carboxylic acid groups (broad SMARTS) is 1. The summed E-state index contributed by atoms with van der Waals surface area (Å²) in [5, 5.41) is 22.2. The van der Waals surface area contributed by atoms with Crippen LogP contribution in [-0.4, -0.2) is 21.9 Å². The normalized spacial score (nSPS) is 9.89. The van der Waals surface area contributed by atoms with Crippen molar-refractivity contribution in [2.45, 2.75) is 20.3 Å². The van der Waals surface area contributed by atoms with Gasteiger partial charge in [0.2, 0.25) is 5.91 Å². The van der Waals surface area contributed by atoms with Crippen molar-refractivity contribution in [3.8, 4) is 0 Å². The average molecular weight is 252 g/mol. The molecule has 0 bridgehead atoms. The Morgan fingerprint density at radius 3 is 2.44 bits per heavy atom. The van der Waals surface area contributed by atoms with Gasteiger partial charge in [-0.25, -0.2) is 4.79 Å². The fraction of sp³-hybridized carbons (Fsp3) is 0.273. The second kappa shape index (κ2) is 5.26. The summed E-state index contributed by atoms with van der Waals surface area (Å²) in [6, 6.07) is 2.25. The lowest BCUT2D eigenvalue weighted by molar-refractivity contribution is -0.384. The predicted octanol–water partition coefficient (Wildman–Crippen LogP) is 1.81. The molecular formula is C11H12N2O5. The number of nitro benzene ring substituents is 1. The molecule has 0 fully saturated rings. The average Bonchev–Trinajstić information content (AvgIpc) is 2.26. The molecule has 96 valence electrons. The molecule has 1 rings (SSSR count). The molecule has 0 heterocycles. The van der Waals surface area contributed by atoms with E-state index in [1.807, 2.05) is 0 Å². The van der Waals surface area contributed by atoms with Crippen molar-refractivity contribution < 1.29 is 19.6 Å². The van der Waals surface area contributed by atoms with Crippen LogP contribution in [0, 0.1) is 10.1 Å². The summed E-state index contributed by atoms with van der Waals surface area (Å²) >= 11 is 0. The molecule has 0 atom stereocenters. The second-order valence-electron chi connectivity index (χ2n) is 3.58. The van der Waals surface area contributed by atoms with E-state index in [1.165, 1.54) is 13.0 Å². The molecular weight excluding hydrogens is 240 g/mol. The summed E-state index contributed by atoms with van der Waals surface area (Å²) < 4.78 is 0. The molecule has 18 heavy (non-hydrogen) atoms. The third-order valence-corrected chi connectivity index (χ3v) is 2.37. The van der Waals surface area contributed by atoms with Gasteiger partial charge in [-0.1, -0.05) is 6.92 Å². The summed E-state index contributed by atoms with van der Waals surface area (Å²) in [6.07, 6.45) is 0.263. The molecule has 0 aromatic heterocycles. The van der Waals surface area contributed by atoms with Crippen LogP contribution in [0.25, 0.3) is 0 Å². The van der Waals surface area contributed by atoms with Gasteiger partial charge in [-0.3, -0.25) is 14.9 Å². The first-order valence-electron chi connectivity index (χ1n) is 5.19. The molecule has 0 saturated heterocycles. The first kappa shape index (κ1) is 13.6. The van der Waals surface area contributed by atoms with Crippen molar-refractivity contribution in [3.05, 3.63) is 33.4 Å². The highest BCUT2D eigenvalue weighted by atomic mass is 16.6. The zero-order valence-corrected chi connectivity index (χ0v) is 9.89. The maximum Gasteiger partial charge on any atom is 0.336 e. The van der Waals surface area contributed by atoms with E-state index in [0.29, 0.717) is 0 Å². The van der Waals surface area contributed by atoms with Gasteiger partial charge in [0, 0.05) is 13.0 Å². The van der Waals surface area contributed by atoms with Crippen LogP contribution in [0.2, 0.25) is 0 Å². The summed E-state index contributed by atoms with van der Waals surface area (Å²) in [5.41, 5.74) is -0.166. The van der Waals surface area contributed by atoms with E-state index in [9.17, 15) is 19.7 Å². The van der Waals surface area contributed by atoms with Crippen LogP contribution in [0.1, 0.15) is 29.8 Å². The Kier molecular flexibility index (Phi) is 3.98. The van der Waals surface area contributed by atoms with E-state index in [0.717, 1.165) is 6.07 Å². The number of anilines is 1. The van der Waals surface area contributed by atoms with E-state index in [1.54, 1.807) is 6.92 Å².